The molecular weight excluding hydrogens is 216 g/mol. The minimum absolute atomic E-state index is 0.0378. The monoisotopic (exact) mass is 226 g/mol. The van der Waals surface area contributed by atoms with Crippen LogP contribution >= 0.6 is 0 Å². The molecule has 0 atom stereocenters. The molecule has 84 valence electrons. The predicted octanol–water partition coefficient (Wildman–Crippen LogP) is 2.52. The largest absolute Gasteiger partial charge is 0.507 e. The van der Waals surface area contributed by atoms with Crippen LogP contribution in [0, 0.1) is 0 Å². The lowest BCUT2D eigenvalue weighted by Gasteiger charge is -2.06. The van der Waals surface area contributed by atoms with Gasteiger partial charge in [-0.3, -0.25) is 4.79 Å². The molecule has 0 radical (unpaired) electrons. The van der Waals surface area contributed by atoms with Gasteiger partial charge in [0.25, 0.3) is 0 Å². The van der Waals surface area contributed by atoms with Gasteiger partial charge in [0.05, 0.1) is 0 Å². The van der Waals surface area contributed by atoms with Crippen LogP contribution in [0.5, 0.6) is 11.5 Å². The van der Waals surface area contributed by atoms with E-state index in [0.29, 0.717) is 17.9 Å². The molecule has 0 saturated heterocycles. The summed E-state index contributed by atoms with van der Waals surface area (Å²) < 4.78 is 5.55. The Morgan fingerprint density at radius 2 is 1.88 bits per heavy atom. The number of hydrogen-bond acceptors (Lipinski definition) is 3. The summed E-state index contributed by atoms with van der Waals surface area (Å²) in [5, 5.41) is 9.78. The number of ketones is 1. The smallest absolute Gasteiger partial charge is 0.200 e. The van der Waals surface area contributed by atoms with Crippen molar-refractivity contribution in [2.75, 3.05) is 0 Å². The lowest BCUT2D eigenvalue weighted by atomic mass is 9.99. The van der Waals surface area contributed by atoms with Gasteiger partial charge in [0.15, 0.2) is 0 Å². The van der Waals surface area contributed by atoms with Crippen LogP contribution in [0.2, 0.25) is 0 Å². The zero-order valence-corrected chi connectivity index (χ0v) is 9.01. The van der Waals surface area contributed by atoms with E-state index in [2.05, 4.69) is 0 Å². The second kappa shape index (κ2) is 3.63. The highest BCUT2D eigenvalue weighted by atomic mass is 16.5. The molecule has 1 heterocycles. The van der Waals surface area contributed by atoms with E-state index in [0.717, 1.165) is 5.56 Å². The van der Waals surface area contributed by atoms with Crippen molar-refractivity contribution >= 4 is 5.78 Å². The highest BCUT2D eigenvalue weighted by Crippen LogP contribution is 2.33. The van der Waals surface area contributed by atoms with Crippen LogP contribution in [-0.2, 0) is 6.61 Å². The highest BCUT2D eigenvalue weighted by molar-refractivity contribution is 6.13. The third kappa shape index (κ3) is 1.47. The van der Waals surface area contributed by atoms with E-state index in [1.807, 2.05) is 18.2 Å². The molecule has 1 aliphatic heterocycles. The molecule has 0 bridgehead atoms. The van der Waals surface area contributed by atoms with E-state index >= 15 is 0 Å². The van der Waals surface area contributed by atoms with E-state index in [4.69, 9.17) is 4.74 Å². The molecule has 3 heteroatoms. The van der Waals surface area contributed by atoms with Gasteiger partial charge >= 0.3 is 0 Å². The molecule has 0 unspecified atom stereocenters. The second-order valence-corrected chi connectivity index (χ2v) is 3.93. The summed E-state index contributed by atoms with van der Waals surface area (Å²) in [5.74, 6) is 0.210. The summed E-state index contributed by atoms with van der Waals surface area (Å²) in [6.45, 7) is 0.346. The van der Waals surface area contributed by atoms with Crippen LogP contribution in [0.15, 0.2) is 42.5 Å². The summed E-state index contributed by atoms with van der Waals surface area (Å²) in [7, 11) is 0. The number of aromatic hydroxyl groups is 1. The number of benzene rings is 2. The highest BCUT2D eigenvalue weighted by Gasteiger charge is 2.24. The van der Waals surface area contributed by atoms with Crippen molar-refractivity contribution in [2.45, 2.75) is 6.61 Å². The van der Waals surface area contributed by atoms with Gasteiger partial charge < -0.3 is 9.84 Å². The average Bonchev–Trinajstić information content (AvgIpc) is 2.49. The van der Waals surface area contributed by atoms with Crippen LogP contribution in [0.25, 0.3) is 0 Å². The lowest BCUT2D eigenvalue weighted by Crippen LogP contribution is -2.02. The quantitative estimate of drug-likeness (QED) is 0.750. The summed E-state index contributed by atoms with van der Waals surface area (Å²) in [4.78, 5) is 12.3. The second-order valence-electron chi connectivity index (χ2n) is 3.93. The number of carbonyl (C=O) groups excluding carboxylic acids is 1. The number of phenols is 1. The third-order valence-corrected chi connectivity index (χ3v) is 2.88. The average molecular weight is 226 g/mol. The summed E-state index contributed by atoms with van der Waals surface area (Å²) in [6.07, 6.45) is 0. The molecule has 2 aromatic carbocycles. The standard InChI is InChI=1S/C14H10O3/c15-11-6-3-7-12-13(11)14(16)10-5-2-1-4-9(10)8-17-12/h1-7,15H,8H2. The Hall–Kier alpha value is -2.29. The number of hydrogen-bond donors (Lipinski definition) is 1. The van der Waals surface area contributed by atoms with Gasteiger partial charge in [-0.15, -0.1) is 0 Å². The minimum Gasteiger partial charge on any atom is -0.507 e. The van der Waals surface area contributed by atoms with Crippen LogP contribution < -0.4 is 4.74 Å². The molecular formula is C14H10O3. The zero-order chi connectivity index (χ0) is 11.8. The van der Waals surface area contributed by atoms with E-state index in [-0.39, 0.29) is 17.1 Å². The molecule has 0 spiro atoms. The summed E-state index contributed by atoms with van der Waals surface area (Å²) in [5.41, 5.74) is 1.68. The van der Waals surface area contributed by atoms with Gasteiger partial charge in [-0.2, -0.15) is 0 Å². The van der Waals surface area contributed by atoms with Crippen LogP contribution in [-0.4, -0.2) is 10.9 Å². The SMILES string of the molecule is O=C1c2ccccc2COc2cccc(O)c21. The van der Waals surface area contributed by atoms with E-state index in [1.54, 1.807) is 18.2 Å². The fourth-order valence-corrected chi connectivity index (χ4v) is 2.03. The molecule has 3 nitrogen and oxygen atoms in total. The molecule has 3 rings (SSSR count). The van der Waals surface area contributed by atoms with Crippen molar-refractivity contribution in [3.05, 3.63) is 59.2 Å². The fraction of sp³-hybridized carbons (Fsp3) is 0.0714. The van der Waals surface area contributed by atoms with Gasteiger partial charge in [0.2, 0.25) is 5.78 Å². The molecule has 0 aliphatic carbocycles. The van der Waals surface area contributed by atoms with E-state index in [9.17, 15) is 9.90 Å². The van der Waals surface area contributed by atoms with Crippen molar-refractivity contribution in [3.8, 4) is 11.5 Å². The molecule has 0 aromatic heterocycles. The Bertz CT molecular complexity index is 602. The molecule has 2 aromatic rings. The Kier molecular flexibility index (Phi) is 2.11. The van der Waals surface area contributed by atoms with Crippen molar-refractivity contribution in [2.24, 2.45) is 0 Å². The number of phenolic OH excluding ortho intramolecular Hbond substituents is 1. The number of ether oxygens (including phenoxy) is 1. The first kappa shape index (κ1) is 9.90. The van der Waals surface area contributed by atoms with Crippen LogP contribution in [0.3, 0.4) is 0 Å². The first-order chi connectivity index (χ1) is 8.27. The van der Waals surface area contributed by atoms with Gasteiger partial charge in [-0.05, 0) is 12.1 Å². The lowest BCUT2D eigenvalue weighted by molar-refractivity contribution is 0.103. The predicted molar refractivity (Wildman–Crippen MR) is 62.3 cm³/mol. The topological polar surface area (TPSA) is 46.5 Å². The normalized spacial score (nSPS) is 13.3. The van der Waals surface area contributed by atoms with Gasteiger partial charge in [-0.25, -0.2) is 0 Å². The Balaban J connectivity index is 2.26. The minimum atomic E-state index is -0.189. The molecule has 0 saturated carbocycles. The van der Waals surface area contributed by atoms with Gasteiger partial charge in [0, 0.05) is 11.1 Å². The maximum absolute atomic E-state index is 12.3. The maximum atomic E-state index is 12.3. The third-order valence-electron chi connectivity index (χ3n) is 2.88. The molecule has 1 N–H and O–H groups in total. The van der Waals surface area contributed by atoms with Crippen LogP contribution in [0.1, 0.15) is 21.5 Å². The summed E-state index contributed by atoms with van der Waals surface area (Å²) in [6, 6.07) is 12.1. The van der Waals surface area contributed by atoms with Crippen molar-refractivity contribution in [1.82, 2.24) is 0 Å². The number of rotatable bonds is 0. The van der Waals surface area contributed by atoms with Crippen molar-refractivity contribution in [1.29, 1.82) is 0 Å². The maximum Gasteiger partial charge on any atom is 0.200 e. The molecule has 1 aliphatic rings. The zero-order valence-electron chi connectivity index (χ0n) is 9.01. The van der Waals surface area contributed by atoms with Crippen molar-refractivity contribution in [3.63, 3.8) is 0 Å². The molecule has 17 heavy (non-hydrogen) atoms. The first-order valence-corrected chi connectivity index (χ1v) is 5.35. The summed E-state index contributed by atoms with van der Waals surface area (Å²) >= 11 is 0. The van der Waals surface area contributed by atoms with E-state index in [1.165, 1.54) is 6.07 Å². The fourth-order valence-electron chi connectivity index (χ4n) is 2.03. The Morgan fingerprint density at radius 1 is 1.06 bits per heavy atom. The molecule has 0 fully saturated rings. The Morgan fingerprint density at radius 3 is 2.76 bits per heavy atom. The van der Waals surface area contributed by atoms with Crippen LogP contribution in [0.4, 0.5) is 0 Å². The Labute approximate surface area is 98.3 Å². The van der Waals surface area contributed by atoms with Crippen molar-refractivity contribution < 1.29 is 14.6 Å². The number of fused-ring (bicyclic) bond motifs is 2. The first-order valence-electron chi connectivity index (χ1n) is 5.35. The molecule has 0 amide bonds. The van der Waals surface area contributed by atoms with E-state index < -0.39 is 0 Å². The number of carbonyl (C=O) groups is 1. The van der Waals surface area contributed by atoms with Gasteiger partial charge in [0.1, 0.15) is 23.7 Å². The van der Waals surface area contributed by atoms with Gasteiger partial charge in [-0.1, -0.05) is 30.3 Å².